The van der Waals surface area contributed by atoms with Gasteiger partial charge in [0.25, 0.3) is 5.56 Å². The van der Waals surface area contributed by atoms with Gasteiger partial charge in [0.1, 0.15) is 11.9 Å². The van der Waals surface area contributed by atoms with Crippen LogP contribution in [0.25, 0.3) is 10.9 Å². The number of fused-ring (bicyclic) bond motifs is 1. The first-order valence-corrected chi connectivity index (χ1v) is 13.3. The van der Waals surface area contributed by atoms with Crippen LogP contribution in [0.15, 0.2) is 41.3 Å². The van der Waals surface area contributed by atoms with E-state index in [2.05, 4.69) is 41.2 Å². The summed E-state index contributed by atoms with van der Waals surface area (Å²) in [5.41, 5.74) is 3.48. The predicted molar refractivity (Wildman–Crippen MR) is 142 cm³/mol. The van der Waals surface area contributed by atoms with E-state index in [-0.39, 0.29) is 17.9 Å². The van der Waals surface area contributed by atoms with Crippen LogP contribution in [0.1, 0.15) is 61.8 Å². The van der Waals surface area contributed by atoms with Gasteiger partial charge in [0.2, 0.25) is 11.8 Å². The number of amides is 2. The second-order valence-electron chi connectivity index (χ2n) is 10.9. The van der Waals surface area contributed by atoms with Gasteiger partial charge in [-0.2, -0.15) is 0 Å². The number of hydrogen-bond donors (Lipinski definition) is 1. The normalized spacial score (nSPS) is 22.8. The summed E-state index contributed by atoms with van der Waals surface area (Å²) in [6.07, 6.45) is 5.12. The van der Waals surface area contributed by atoms with Crippen LogP contribution in [-0.4, -0.2) is 44.3 Å². The van der Waals surface area contributed by atoms with E-state index in [9.17, 15) is 14.4 Å². The molecule has 2 fully saturated rings. The van der Waals surface area contributed by atoms with Crippen molar-refractivity contribution in [1.82, 2.24) is 24.8 Å². The molecule has 3 aromatic rings. The fourth-order valence-corrected chi connectivity index (χ4v) is 6.06. The monoisotopic (exact) mass is 501 g/mol. The van der Waals surface area contributed by atoms with E-state index >= 15 is 0 Å². The molecule has 2 aliphatic heterocycles. The fraction of sp³-hybridized carbons (Fsp3) is 0.483. The van der Waals surface area contributed by atoms with Crippen molar-refractivity contribution in [3.63, 3.8) is 0 Å². The highest BCUT2D eigenvalue weighted by molar-refractivity contribution is 5.99. The molecule has 2 aromatic heterocycles. The van der Waals surface area contributed by atoms with Gasteiger partial charge in [-0.3, -0.25) is 34.2 Å². The van der Waals surface area contributed by atoms with Crippen LogP contribution in [0.2, 0.25) is 0 Å². The van der Waals surface area contributed by atoms with Gasteiger partial charge in [0, 0.05) is 37.9 Å². The second kappa shape index (κ2) is 10.5. The summed E-state index contributed by atoms with van der Waals surface area (Å²) in [5.74, 6) is 1.18. The molecule has 1 aromatic carbocycles. The quantitative estimate of drug-likeness (QED) is 0.521. The molecule has 2 amide bonds. The molecule has 8 heteroatoms. The van der Waals surface area contributed by atoms with Crippen LogP contribution in [0.3, 0.4) is 0 Å². The van der Waals surface area contributed by atoms with Gasteiger partial charge in [-0.1, -0.05) is 32.0 Å². The van der Waals surface area contributed by atoms with Crippen molar-refractivity contribution in [1.29, 1.82) is 0 Å². The minimum Gasteiger partial charge on any atom is -0.298 e. The molecule has 5 rings (SSSR count). The number of rotatable bonds is 6. The Bertz CT molecular complexity index is 1370. The van der Waals surface area contributed by atoms with Crippen molar-refractivity contribution in [2.45, 2.75) is 65.5 Å². The molecule has 3 unspecified atom stereocenters. The number of piperidine rings is 2. The Kier molecular flexibility index (Phi) is 7.20. The molecule has 2 aliphatic rings. The number of aryl methyl sites for hydroxylation is 3. The molecule has 2 saturated heterocycles. The molecule has 0 radical (unpaired) electrons. The third kappa shape index (κ3) is 5.49. The van der Waals surface area contributed by atoms with E-state index in [1.54, 1.807) is 6.92 Å². The molecular weight excluding hydrogens is 466 g/mol. The van der Waals surface area contributed by atoms with E-state index in [0.29, 0.717) is 36.0 Å². The van der Waals surface area contributed by atoms with Gasteiger partial charge in [-0.05, 0) is 67.7 Å². The molecule has 0 spiro atoms. The van der Waals surface area contributed by atoms with Gasteiger partial charge in [-0.25, -0.2) is 4.98 Å². The highest BCUT2D eigenvalue weighted by Crippen LogP contribution is 2.24. The highest BCUT2D eigenvalue weighted by Gasteiger charge is 2.30. The second-order valence-corrected chi connectivity index (χ2v) is 10.9. The first-order valence-electron chi connectivity index (χ1n) is 13.3. The van der Waals surface area contributed by atoms with Crippen molar-refractivity contribution in [2.24, 2.45) is 11.8 Å². The van der Waals surface area contributed by atoms with Crippen molar-refractivity contribution < 1.29 is 9.59 Å². The van der Waals surface area contributed by atoms with E-state index in [0.717, 1.165) is 42.7 Å². The summed E-state index contributed by atoms with van der Waals surface area (Å²) >= 11 is 0. The Morgan fingerprint density at radius 1 is 1.03 bits per heavy atom. The van der Waals surface area contributed by atoms with Gasteiger partial charge in [0.15, 0.2) is 0 Å². The number of aromatic nitrogens is 3. The van der Waals surface area contributed by atoms with Crippen LogP contribution in [0, 0.1) is 18.8 Å². The molecule has 4 heterocycles. The van der Waals surface area contributed by atoms with Crippen molar-refractivity contribution >= 4 is 22.7 Å². The molecule has 0 aliphatic carbocycles. The Morgan fingerprint density at radius 3 is 2.51 bits per heavy atom. The lowest BCUT2D eigenvalue weighted by atomic mass is 9.92. The van der Waals surface area contributed by atoms with Crippen LogP contribution in [0.4, 0.5) is 0 Å². The zero-order valence-electron chi connectivity index (χ0n) is 21.9. The lowest BCUT2D eigenvalue weighted by Crippen LogP contribution is -2.45. The molecule has 1 N–H and O–H groups in total. The minimum atomic E-state index is -0.727. The Hall–Kier alpha value is -3.39. The Labute approximate surface area is 217 Å². The third-order valence-corrected chi connectivity index (χ3v) is 7.60. The van der Waals surface area contributed by atoms with Crippen LogP contribution in [-0.2, 0) is 29.0 Å². The molecule has 194 valence electrons. The number of carbonyl (C=O) groups excluding carboxylic acids is 2. The number of nitrogens with zero attached hydrogens (tertiary/aromatic N) is 4. The maximum atomic E-state index is 13.6. The average Bonchev–Trinajstić information content (AvgIpc) is 2.84. The molecule has 0 bridgehead atoms. The topological polar surface area (TPSA) is 97.2 Å². The SMILES string of the molecule is Cc1nc2cccc(CCc3ccc(CN4CC(C)CC(C)C4)cn3)c2c(=O)n1C1CCC(=O)NC1=O. The number of likely N-dealkylation sites (tertiary alicyclic amines) is 1. The summed E-state index contributed by atoms with van der Waals surface area (Å²) in [5, 5.41) is 2.88. The lowest BCUT2D eigenvalue weighted by Gasteiger charge is -2.34. The molecule has 0 saturated carbocycles. The van der Waals surface area contributed by atoms with Gasteiger partial charge in [-0.15, -0.1) is 0 Å². The summed E-state index contributed by atoms with van der Waals surface area (Å²) in [6, 6.07) is 9.21. The largest absolute Gasteiger partial charge is 0.298 e. The van der Waals surface area contributed by atoms with Gasteiger partial charge in [0.05, 0.1) is 10.9 Å². The number of imide groups is 1. The highest BCUT2D eigenvalue weighted by atomic mass is 16.2. The molecule has 8 nitrogen and oxygen atoms in total. The maximum Gasteiger partial charge on any atom is 0.262 e. The van der Waals surface area contributed by atoms with Gasteiger partial charge < -0.3 is 0 Å². The van der Waals surface area contributed by atoms with E-state index in [1.807, 2.05) is 24.4 Å². The zero-order chi connectivity index (χ0) is 26.1. The molecular formula is C29H35N5O3. The number of pyridine rings is 1. The summed E-state index contributed by atoms with van der Waals surface area (Å²) in [6.45, 7) is 9.58. The maximum absolute atomic E-state index is 13.6. The number of carbonyl (C=O) groups is 2. The first kappa shape index (κ1) is 25.3. The summed E-state index contributed by atoms with van der Waals surface area (Å²) in [7, 11) is 0. The van der Waals surface area contributed by atoms with Crippen LogP contribution >= 0.6 is 0 Å². The standard InChI is InChI=1S/C29H35N5O3/c1-18-13-19(2)16-33(15-18)17-21-7-9-23(30-14-21)10-8-22-5-4-6-24-27(22)29(37)34(20(3)31-24)25-11-12-26(35)32-28(25)36/h4-7,9,14,18-19,25H,8,10-13,15-17H2,1-3H3,(H,32,35,36). The van der Waals surface area contributed by atoms with E-state index < -0.39 is 11.9 Å². The summed E-state index contributed by atoms with van der Waals surface area (Å²) < 4.78 is 1.45. The third-order valence-electron chi connectivity index (χ3n) is 7.60. The summed E-state index contributed by atoms with van der Waals surface area (Å²) in [4.78, 5) is 49.6. The fourth-order valence-electron chi connectivity index (χ4n) is 6.06. The van der Waals surface area contributed by atoms with E-state index in [1.165, 1.54) is 16.6 Å². The van der Waals surface area contributed by atoms with Crippen molar-refractivity contribution in [2.75, 3.05) is 13.1 Å². The number of nitrogens with one attached hydrogen (secondary N) is 1. The number of hydrogen-bond acceptors (Lipinski definition) is 6. The molecule has 3 atom stereocenters. The van der Waals surface area contributed by atoms with Crippen molar-refractivity contribution in [3.05, 3.63) is 69.5 Å². The zero-order valence-corrected chi connectivity index (χ0v) is 21.9. The Balaban J connectivity index is 1.33. The minimum absolute atomic E-state index is 0.208. The van der Waals surface area contributed by atoms with E-state index in [4.69, 9.17) is 4.98 Å². The first-order chi connectivity index (χ1) is 17.8. The van der Waals surface area contributed by atoms with Gasteiger partial charge >= 0.3 is 0 Å². The lowest BCUT2D eigenvalue weighted by molar-refractivity contribution is -0.135. The average molecular weight is 502 g/mol. The van der Waals surface area contributed by atoms with Crippen LogP contribution < -0.4 is 10.9 Å². The Morgan fingerprint density at radius 2 is 1.81 bits per heavy atom. The smallest absolute Gasteiger partial charge is 0.262 e. The molecule has 37 heavy (non-hydrogen) atoms. The number of benzene rings is 1. The van der Waals surface area contributed by atoms with Crippen molar-refractivity contribution in [3.8, 4) is 0 Å². The van der Waals surface area contributed by atoms with Crippen LogP contribution in [0.5, 0.6) is 0 Å². The predicted octanol–water partition coefficient (Wildman–Crippen LogP) is 3.34.